The summed E-state index contributed by atoms with van der Waals surface area (Å²) in [5.74, 6) is 1.08. The average Bonchev–Trinajstić information content (AvgIpc) is 2.80. The predicted octanol–water partition coefficient (Wildman–Crippen LogP) is 4.53. The van der Waals surface area contributed by atoms with Gasteiger partial charge in [-0.2, -0.15) is 0 Å². The summed E-state index contributed by atoms with van der Waals surface area (Å²) in [6.07, 6.45) is 4.39. The van der Waals surface area contributed by atoms with E-state index in [1.807, 2.05) is 26.8 Å². The van der Waals surface area contributed by atoms with Gasteiger partial charge in [0.2, 0.25) is 0 Å². The largest absolute Gasteiger partial charge is 0.484 e. The highest BCUT2D eigenvalue weighted by Crippen LogP contribution is 2.48. The molecular formula is C27H36ClN3O4. The van der Waals surface area contributed by atoms with E-state index in [1.165, 1.54) is 0 Å². The molecule has 2 heterocycles. The van der Waals surface area contributed by atoms with Crippen LogP contribution in [0.25, 0.3) is 0 Å². The minimum atomic E-state index is -0.486. The van der Waals surface area contributed by atoms with Gasteiger partial charge in [-0.1, -0.05) is 11.6 Å². The van der Waals surface area contributed by atoms with E-state index >= 15 is 0 Å². The number of nitrogens with zero attached hydrogens (tertiary/aromatic N) is 1. The molecular weight excluding hydrogens is 466 g/mol. The van der Waals surface area contributed by atoms with Gasteiger partial charge >= 0.3 is 0 Å². The number of aryl methyl sites for hydroxylation is 2. The number of carbonyl (C=O) groups excluding carboxylic acids is 1. The highest BCUT2D eigenvalue weighted by atomic mass is 35.5. The molecule has 4 rings (SSSR count). The fourth-order valence-electron chi connectivity index (χ4n) is 5.44. The van der Waals surface area contributed by atoms with E-state index < -0.39 is 5.60 Å². The molecule has 7 nitrogen and oxygen atoms in total. The number of aromatic amines is 1. The molecule has 1 aliphatic heterocycles. The first-order chi connectivity index (χ1) is 16.5. The fraction of sp³-hybridized carbons (Fsp3) is 0.556. The number of rotatable bonds is 5. The van der Waals surface area contributed by atoms with Crippen molar-refractivity contribution in [3.8, 4) is 11.5 Å². The second kappa shape index (κ2) is 9.86. The Morgan fingerprint density at radius 2 is 1.86 bits per heavy atom. The summed E-state index contributed by atoms with van der Waals surface area (Å²) < 4.78 is 12.8. The van der Waals surface area contributed by atoms with Gasteiger partial charge < -0.3 is 24.7 Å². The maximum Gasteiger partial charge on any atom is 0.253 e. The lowest BCUT2D eigenvalue weighted by atomic mass is 9.76. The maximum absolute atomic E-state index is 13.1. The number of pyridine rings is 1. The van der Waals surface area contributed by atoms with Crippen LogP contribution < -0.4 is 20.3 Å². The summed E-state index contributed by atoms with van der Waals surface area (Å²) in [5.41, 5.74) is 2.58. The van der Waals surface area contributed by atoms with Gasteiger partial charge in [-0.3, -0.25) is 9.59 Å². The highest BCUT2D eigenvalue weighted by molar-refractivity contribution is 6.32. The fourth-order valence-corrected chi connectivity index (χ4v) is 5.69. The zero-order valence-electron chi connectivity index (χ0n) is 21.5. The van der Waals surface area contributed by atoms with Crippen molar-refractivity contribution in [3.63, 3.8) is 0 Å². The molecule has 2 aromatic rings. The van der Waals surface area contributed by atoms with Crippen molar-refractivity contribution in [2.45, 2.75) is 71.6 Å². The van der Waals surface area contributed by atoms with Gasteiger partial charge in [0.05, 0.1) is 5.02 Å². The number of hydrogen-bond acceptors (Lipinski definition) is 5. The Kier molecular flexibility index (Phi) is 7.21. The van der Waals surface area contributed by atoms with Gasteiger partial charge in [0.1, 0.15) is 12.2 Å². The first-order valence-electron chi connectivity index (χ1n) is 12.3. The van der Waals surface area contributed by atoms with E-state index in [-0.39, 0.29) is 18.0 Å². The summed E-state index contributed by atoms with van der Waals surface area (Å²) >= 11 is 6.54. The number of hydrogen-bond donors (Lipinski definition) is 2. The van der Waals surface area contributed by atoms with Gasteiger partial charge in [-0.25, -0.2) is 0 Å². The highest BCUT2D eigenvalue weighted by Gasteiger charge is 2.44. The van der Waals surface area contributed by atoms with E-state index in [1.54, 1.807) is 6.07 Å². The van der Waals surface area contributed by atoms with Gasteiger partial charge in [-0.05, 0) is 85.2 Å². The van der Waals surface area contributed by atoms with E-state index in [0.29, 0.717) is 51.8 Å². The van der Waals surface area contributed by atoms with Crippen LogP contribution in [-0.2, 0) is 6.54 Å². The third-order valence-electron chi connectivity index (χ3n) is 7.73. The third kappa shape index (κ3) is 5.07. The number of benzene rings is 1. The van der Waals surface area contributed by atoms with Crippen LogP contribution in [0.2, 0.25) is 5.02 Å². The first kappa shape index (κ1) is 25.6. The quantitative estimate of drug-likeness (QED) is 0.628. The van der Waals surface area contributed by atoms with E-state index in [4.69, 9.17) is 21.1 Å². The number of halogens is 1. The predicted molar refractivity (Wildman–Crippen MR) is 138 cm³/mol. The normalized spacial score (nSPS) is 23.9. The van der Waals surface area contributed by atoms with Gasteiger partial charge in [0.25, 0.3) is 11.5 Å². The number of H-pyrrole nitrogens is 1. The van der Waals surface area contributed by atoms with Crippen molar-refractivity contribution in [1.82, 2.24) is 15.2 Å². The molecule has 0 radical (unpaired) electrons. The number of ether oxygens (including phenoxy) is 2. The SMILES string of the molecule is Cc1cc(C)c(CNC(=O)c2cc(Cl)c3c(c2C)OC(C)(C2CCC(N(C)C)CC2)CO3)c(=O)[nH]1. The molecule has 2 N–H and O–H groups in total. The zero-order valence-corrected chi connectivity index (χ0v) is 22.3. The van der Waals surface area contributed by atoms with Crippen LogP contribution >= 0.6 is 11.6 Å². The third-order valence-corrected chi connectivity index (χ3v) is 8.01. The smallest absolute Gasteiger partial charge is 0.253 e. The summed E-state index contributed by atoms with van der Waals surface area (Å²) in [5, 5.41) is 3.22. The van der Waals surface area contributed by atoms with Crippen molar-refractivity contribution in [1.29, 1.82) is 0 Å². The number of amides is 1. The molecule has 1 amide bonds. The van der Waals surface area contributed by atoms with Gasteiger partial charge in [-0.15, -0.1) is 0 Å². The molecule has 1 fully saturated rings. The molecule has 190 valence electrons. The Bertz CT molecular complexity index is 1180. The van der Waals surface area contributed by atoms with Gasteiger partial charge in [0, 0.05) is 40.9 Å². The van der Waals surface area contributed by atoms with Crippen LogP contribution in [0, 0.1) is 26.7 Å². The minimum Gasteiger partial charge on any atom is -0.484 e. The van der Waals surface area contributed by atoms with Crippen LogP contribution in [0.3, 0.4) is 0 Å². The van der Waals surface area contributed by atoms with Crippen LogP contribution in [0.15, 0.2) is 16.9 Å². The van der Waals surface area contributed by atoms with Crippen LogP contribution in [0.1, 0.15) is 65.3 Å². The lowest BCUT2D eigenvalue weighted by molar-refractivity contribution is -0.0559. The van der Waals surface area contributed by atoms with Crippen molar-refractivity contribution < 1.29 is 14.3 Å². The molecule has 1 aromatic carbocycles. The molecule has 1 unspecified atom stereocenters. The van der Waals surface area contributed by atoms with Crippen molar-refractivity contribution in [2.24, 2.45) is 5.92 Å². The topological polar surface area (TPSA) is 83.7 Å². The second-order valence-electron chi connectivity index (χ2n) is 10.5. The van der Waals surface area contributed by atoms with Crippen molar-refractivity contribution in [2.75, 3.05) is 20.7 Å². The summed E-state index contributed by atoms with van der Waals surface area (Å²) in [6, 6.07) is 4.11. The van der Waals surface area contributed by atoms with E-state index in [0.717, 1.165) is 36.9 Å². The Balaban J connectivity index is 1.54. The molecule has 2 aliphatic rings. The standard InChI is InChI=1S/C27H36ClN3O4/c1-15-11-16(2)30-26(33)21(15)13-29-25(32)20-12-22(28)24-23(17(20)3)35-27(4,14-34-24)18-7-9-19(10-8-18)31(5)6/h11-12,18-19H,7-10,13-14H2,1-6H3,(H,29,32)(H,30,33). The Morgan fingerprint density at radius 3 is 2.49 bits per heavy atom. The molecule has 0 saturated heterocycles. The lowest BCUT2D eigenvalue weighted by Gasteiger charge is -2.45. The number of aromatic nitrogens is 1. The molecule has 1 saturated carbocycles. The first-order valence-corrected chi connectivity index (χ1v) is 12.7. The molecule has 35 heavy (non-hydrogen) atoms. The van der Waals surface area contributed by atoms with E-state index in [2.05, 4.69) is 36.2 Å². The van der Waals surface area contributed by atoms with Crippen LogP contribution in [-0.4, -0.2) is 48.1 Å². The monoisotopic (exact) mass is 501 g/mol. The Hall–Kier alpha value is -2.51. The van der Waals surface area contributed by atoms with Crippen molar-refractivity contribution >= 4 is 17.5 Å². The molecule has 1 aromatic heterocycles. The van der Waals surface area contributed by atoms with Crippen molar-refractivity contribution in [3.05, 3.63) is 55.5 Å². The molecule has 1 aliphatic carbocycles. The second-order valence-corrected chi connectivity index (χ2v) is 10.9. The molecule has 8 heteroatoms. The molecule has 0 bridgehead atoms. The molecule has 1 atom stereocenters. The number of nitrogens with one attached hydrogen (secondary N) is 2. The number of fused-ring (bicyclic) bond motifs is 1. The Morgan fingerprint density at radius 1 is 1.17 bits per heavy atom. The summed E-state index contributed by atoms with van der Waals surface area (Å²) in [4.78, 5) is 30.6. The van der Waals surface area contributed by atoms with Gasteiger partial charge in [0.15, 0.2) is 11.5 Å². The average molecular weight is 502 g/mol. The van der Waals surface area contributed by atoms with Crippen LogP contribution in [0.5, 0.6) is 11.5 Å². The zero-order chi connectivity index (χ0) is 25.5. The number of carbonyl (C=O) groups is 1. The maximum atomic E-state index is 13.1. The Labute approximate surface area is 212 Å². The van der Waals surface area contributed by atoms with E-state index in [9.17, 15) is 9.59 Å². The van der Waals surface area contributed by atoms with Crippen LogP contribution in [0.4, 0.5) is 0 Å². The lowest BCUT2D eigenvalue weighted by Crippen LogP contribution is -2.51. The summed E-state index contributed by atoms with van der Waals surface area (Å²) in [6.45, 7) is 8.20. The summed E-state index contributed by atoms with van der Waals surface area (Å²) in [7, 11) is 4.27. The minimum absolute atomic E-state index is 0.124. The molecule has 0 spiro atoms.